The van der Waals surface area contributed by atoms with Crippen LogP contribution in [-0.4, -0.2) is 29.3 Å². The summed E-state index contributed by atoms with van der Waals surface area (Å²) in [6.45, 7) is 2.62. The van der Waals surface area contributed by atoms with Crippen LogP contribution in [0.2, 0.25) is 5.02 Å². The Morgan fingerprint density at radius 1 is 1.19 bits per heavy atom. The largest absolute Gasteiger partial charge is 0.497 e. The van der Waals surface area contributed by atoms with Crippen molar-refractivity contribution in [3.63, 3.8) is 0 Å². The molecule has 1 heterocycles. The molecular formula is C20H20ClN3O2. The lowest BCUT2D eigenvalue weighted by Crippen LogP contribution is -2.26. The lowest BCUT2D eigenvalue weighted by molar-refractivity contribution is 0.0946. The molecule has 0 aliphatic heterocycles. The van der Waals surface area contributed by atoms with Crippen LogP contribution in [-0.2, 0) is 0 Å². The average Bonchev–Trinajstić information content (AvgIpc) is 3.12. The van der Waals surface area contributed by atoms with Crippen LogP contribution in [0.15, 0.2) is 54.6 Å². The number of amides is 1. The van der Waals surface area contributed by atoms with Crippen LogP contribution < -0.4 is 10.1 Å². The fourth-order valence-electron chi connectivity index (χ4n) is 2.60. The molecular weight excluding hydrogens is 350 g/mol. The average molecular weight is 370 g/mol. The highest BCUT2D eigenvalue weighted by Gasteiger charge is 2.17. The van der Waals surface area contributed by atoms with Crippen molar-refractivity contribution in [3.05, 3.63) is 65.3 Å². The SMILES string of the molecule is CCCNC(=O)c1cc(-c2cccc(OC)c2)nn1-c1cccc(Cl)c1. The Bertz CT molecular complexity index is 921. The zero-order valence-corrected chi connectivity index (χ0v) is 15.5. The van der Waals surface area contributed by atoms with E-state index in [9.17, 15) is 4.79 Å². The Hall–Kier alpha value is -2.79. The van der Waals surface area contributed by atoms with E-state index < -0.39 is 0 Å². The van der Waals surface area contributed by atoms with Gasteiger partial charge in [0, 0.05) is 17.1 Å². The standard InChI is InChI=1S/C20H20ClN3O2/c1-3-10-22-20(25)19-13-18(14-6-4-9-17(11-14)26-2)23-24(19)16-8-5-7-15(21)12-16/h4-9,11-13H,3,10H2,1-2H3,(H,22,25). The molecule has 3 rings (SSSR count). The van der Waals surface area contributed by atoms with Gasteiger partial charge >= 0.3 is 0 Å². The molecule has 6 heteroatoms. The van der Waals surface area contributed by atoms with Crippen molar-refractivity contribution >= 4 is 17.5 Å². The summed E-state index contributed by atoms with van der Waals surface area (Å²) in [7, 11) is 1.62. The van der Waals surface area contributed by atoms with Gasteiger partial charge in [-0.05, 0) is 42.8 Å². The summed E-state index contributed by atoms with van der Waals surface area (Å²) < 4.78 is 6.90. The number of hydrogen-bond acceptors (Lipinski definition) is 3. The monoisotopic (exact) mass is 369 g/mol. The maximum atomic E-state index is 12.6. The summed E-state index contributed by atoms with van der Waals surface area (Å²) >= 11 is 6.12. The molecule has 1 N–H and O–H groups in total. The summed E-state index contributed by atoms with van der Waals surface area (Å²) in [5.74, 6) is 0.560. The number of benzene rings is 2. The van der Waals surface area contributed by atoms with Gasteiger partial charge in [-0.3, -0.25) is 4.79 Å². The lowest BCUT2D eigenvalue weighted by atomic mass is 10.1. The van der Waals surface area contributed by atoms with Crippen LogP contribution in [0.1, 0.15) is 23.8 Å². The number of rotatable bonds is 6. The fourth-order valence-corrected chi connectivity index (χ4v) is 2.78. The van der Waals surface area contributed by atoms with Crippen LogP contribution in [0.25, 0.3) is 16.9 Å². The van der Waals surface area contributed by atoms with Crippen molar-refractivity contribution in [2.24, 2.45) is 0 Å². The Kier molecular flexibility index (Phi) is 5.58. The molecule has 0 aliphatic carbocycles. The van der Waals surface area contributed by atoms with Gasteiger partial charge in [-0.1, -0.05) is 36.7 Å². The number of ether oxygens (including phenoxy) is 1. The van der Waals surface area contributed by atoms with Gasteiger partial charge in [0.05, 0.1) is 18.5 Å². The van der Waals surface area contributed by atoms with Gasteiger partial charge in [-0.25, -0.2) is 4.68 Å². The molecule has 26 heavy (non-hydrogen) atoms. The normalized spacial score (nSPS) is 10.6. The number of nitrogens with one attached hydrogen (secondary N) is 1. The summed E-state index contributed by atoms with van der Waals surface area (Å²) in [5, 5.41) is 8.13. The second-order valence-electron chi connectivity index (χ2n) is 5.79. The van der Waals surface area contributed by atoms with Crippen molar-refractivity contribution < 1.29 is 9.53 Å². The molecule has 1 amide bonds. The van der Waals surface area contributed by atoms with Crippen LogP contribution in [0, 0.1) is 0 Å². The quantitative estimate of drug-likeness (QED) is 0.703. The minimum atomic E-state index is -0.173. The first-order valence-corrected chi connectivity index (χ1v) is 8.79. The van der Waals surface area contributed by atoms with Crippen molar-refractivity contribution in [2.75, 3.05) is 13.7 Å². The van der Waals surface area contributed by atoms with E-state index in [1.807, 2.05) is 43.3 Å². The first-order chi connectivity index (χ1) is 12.6. The third-order valence-electron chi connectivity index (χ3n) is 3.90. The number of carbonyl (C=O) groups is 1. The van der Waals surface area contributed by atoms with Gasteiger partial charge in [0.15, 0.2) is 0 Å². The van der Waals surface area contributed by atoms with E-state index in [1.165, 1.54) is 0 Å². The fraction of sp³-hybridized carbons (Fsp3) is 0.200. The molecule has 3 aromatic rings. The number of hydrogen-bond donors (Lipinski definition) is 1. The lowest BCUT2D eigenvalue weighted by Gasteiger charge is -2.08. The maximum Gasteiger partial charge on any atom is 0.270 e. The van der Waals surface area contributed by atoms with Crippen LogP contribution in [0.4, 0.5) is 0 Å². The number of nitrogens with zero attached hydrogens (tertiary/aromatic N) is 2. The summed E-state index contributed by atoms with van der Waals surface area (Å²) in [5.41, 5.74) is 2.74. The Morgan fingerprint density at radius 3 is 2.73 bits per heavy atom. The predicted molar refractivity (Wildman–Crippen MR) is 103 cm³/mol. The summed E-state index contributed by atoms with van der Waals surface area (Å²) in [6, 6.07) is 16.6. The molecule has 1 aromatic heterocycles. The second kappa shape index (κ2) is 8.06. The van der Waals surface area contributed by atoms with E-state index in [0.29, 0.717) is 23.0 Å². The molecule has 0 unspecified atom stereocenters. The smallest absolute Gasteiger partial charge is 0.270 e. The third-order valence-corrected chi connectivity index (χ3v) is 4.13. The van der Waals surface area contributed by atoms with Crippen LogP contribution in [0.3, 0.4) is 0 Å². The Labute approximate surface area is 157 Å². The topological polar surface area (TPSA) is 56.1 Å². The molecule has 0 saturated heterocycles. The van der Waals surface area contributed by atoms with Crippen LogP contribution in [0.5, 0.6) is 5.75 Å². The molecule has 0 radical (unpaired) electrons. The molecule has 134 valence electrons. The highest BCUT2D eigenvalue weighted by atomic mass is 35.5. The van der Waals surface area contributed by atoms with E-state index in [0.717, 1.165) is 23.4 Å². The molecule has 0 saturated carbocycles. The van der Waals surface area contributed by atoms with Gasteiger partial charge in [0.25, 0.3) is 5.91 Å². The van der Waals surface area contributed by atoms with Gasteiger partial charge in [0.2, 0.25) is 0 Å². The van der Waals surface area contributed by atoms with Crippen LogP contribution >= 0.6 is 11.6 Å². The molecule has 0 aliphatic rings. The zero-order valence-electron chi connectivity index (χ0n) is 14.7. The first-order valence-electron chi connectivity index (χ1n) is 8.41. The van der Waals surface area contributed by atoms with E-state index in [-0.39, 0.29) is 5.91 Å². The summed E-state index contributed by atoms with van der Waals surface area (Å²) in [6.07, 6.45) is 0.861. The number of methoxy groups -OCH3 is 1. The van der Waals surface area contributed by atoms with E-state index >= 15 is 0 Å². The zero-order chi connectivity index (χ0) is 18.5. The van der Waals surface area contributed by atoms with Gasteiger partial charge < -0.3 is 10.1 Å². The predicted octanol–water partition coefficient (Wildman–Crippen LogP) is 4.34. The molecule has 0 bridgehead atoms. The Balaban J connectivity index is 2.09. The highest BCUT2D eigenvalue weighted by Crippen LogP contribution is 2.26. The van der Waals surface area contributed by atoms with Gasteiger partial charge in [-0.15, -0.1) is 0 Å². The number of aromatic nitrogens is 2. The minimum absolute atomic E-state index is 0.173. The molecule has 0 fully saturated rings. The number of carbonyl (C=O) groups excluding carboxylic acids is 1. The first kappa shape index (κ1) is 18.0. The van der Waals surface area contributed by atoms with Crippen molar-refractivity contribution in [2.45, 2.75) is 13.3 Å². The van der Waals surface area contributed by atoms with E-state index in [2.05, 4.69) is 10.4 Å². The third kappa shape index (κ3) is 3.89. The highest BCUT2D eigenvalue weighted by molar-refractivity contribution is 6.30. The van der Waals surface area contributed by atoms with Crippen molar-refractivity contribution in [1.82, 2.24) is 15.1 Å². The van der Waals surface area contributed by atoms with E-state index in [1.54, 1.807) is 30.0 Å². The summed E-state index contributed by atoms with van der Waals surface area (Å²) in [4.78, 5) is 12.6. The minimum Gasteiger partial charge on any atom is -0.497 e. The van der Waals surface area contributed by atoms with Gasteiger partial charge in [0.1, 0.15) is 11.4 Å². The molecule has 0 atom stereocenters. The second-order valence-corrected chi connectivity index (χ2v) is 6.23. The van der Waals surface area contributed by atoms with Crippen molar-refractivity contribution in [3.8, 4) is 22.7 Å². The molecule has 2 aromatic carbocycles. The van der Waals surface area contributed by atoms with Gasteiger partial charge in [-0.2, -0.15) is 5.10 Å². The Morgan fingerprint density at radius 2 is 2.00 bits per heavy atom. The molecule has 0 spiro atoms. The van der Waals surface area contributed by atoms with E-state index in [4.69, 9.17) is 16.3 Å². The number of halogens is 1. The maximum absolute atomic E-state index is 12.6. The van der Waals surface area contributed by atoms with Crippen molar-refractivity contribution in [1.29, 1.82) is 0 Å². The molecule has 5 nitrogen and oxygen atoms in total.